The van der Waals surface area contributed by atoms with Crippen molar-refractivity contribution in [3.8, 4) is 12.1 Å². The lowest BCUT2D eigenvalue weighted by Gasteiger charge is -2.12. The Morgan fingerprint density at radius 2 is 1.29 bits per heavy atom. The van der Waals surface area contributed by atoms with Gasteiger partial charge in [-0.05, 0) is 35.4 Å². The average Bonchev–Trinajstić information content (AvgIpc) is 2.55. The van der Waals surface area contributed by atoms with Crippen LogP contribution in [-0.4, -0.2) is 11.7 Å². The van der Waals surface area contributed by atoms with Crippen LogP contribution in [0.4, 0.5) is 0 Å². The first-order chi connectivity index (χ1) is 10.1. The molecule has 5 heteroatoms. The fourth-order valence-electron chi connectivity index (χ4n) is 1.65. The number of aliphatic imine (C=N–C) groups is 1. The fraction of sp³-hybridized carbons (Fsp3) is 0. The third-order valence-corrected chi connectivity index (χ3v) is 2.80. The molecule has 0 atom stereocenters. The number of nitrogens with one attached hydrogen (secondary N) is 2. The van der Waals surface area contributed by atoms with E-state index >= 15 is 0 Å². The van der Waals surface area contributed by atoms with Crippen molar-refractivity contribution in [2.75, 3.05) is 0 Å². The second-order valence-electron chi connectivity index (χ2n) is 4.19. The van der Waals surface area contributed by atoms with Crippen LogP contribution in [0.1, 0.15) is 22.3 Å². The molecule has 21 heavy (non-hydrogen) atoms. The third kappa shape index (κ3) is 3.31. The first-order valence-corrected chi connectivity index (χ1v) is 6.04. The van der Waals surface area contributed by atoms with E-state index in [9.17, 15) is 0 Å². The summed E-state index contributed by atoms with van der Waals surface area (Å²) in [5, 5.41) is 25.3. The Labute approximate surface area is 122 Å². The quantitative estimate of drug-likeness (QED) is 0.668. The molecule has 0 heterocycles. The largest absolute Gasteiger partial charge is 0.482 e. The summed E-state index contributed by atoms with van der Waals surface area (Å²) in [5.41, 5.74) is 9.96. The van der Waals surface area contributed by atoms with Crippen molar-refractivity contribution in [3.63, 3.8) is 0 Å². The molecule has 0 aliphatic heterocycles. The van der Waals surface area contributed by atoms with Crippen molar-refractivity contribution >= 4 is 11.7 Å². The standard InChI is InChI=1S/C16H10N5/c17-9-11-1-5-13(6-2-11)15(19)21-16(20)14-7-3-12(10-18)4-8-14/h1-8H,(H2-,19,20,21)/q-1. The van der Waals surface area contributed by atoms with Crippen LogP contribution < -0.4 is 0 Å². The zero-order valence-corrected chi connectivity index (χ0v) is 11.0. The number of amidine groups is 2. The molecule has 0 amide bonds. The number of hydrogen-bond acceptors (Lipinski definition) is 3. The summed E-state index contributed by atoms with van der Waals surface area (Å²) in [6.07, 6.45) is 0. The Morgan fingerprint density at radius 3 is 1.71 bits per heavy atom. The molecule has 0 saturated heterocycles. The lowest BCUT2D eigenvalue weighted by atomic mass is 10.1. The van der Waals surface area contributed by atoms with Gasteiger partial charge in [-0.1, -0.05) is 30.1 Å². The number of nitrogens with zero attached hydrogens (tertiary/aromatic N) is 3. The van der Waals surface area contributed by atoms with Gasteiger partial charge in [0.15, 0.2) is 0 Å². The van der Waals surface area contributed by atoms with E-state index in [1.54, 1.807) is 48.5 Å². The normalized spacial score (nSPS) is 10.5. The number of rotatable bonds is 2. The highest BCUT2D eigenvalue weighted by Gasteiger charge is 1.97. The molecule has 0 radical (unpaired) electrons. The maximum absolute atomic E-state index is 8.72. The van der Waals surface area contributed by atoms with Gasteiger partial charge in [0.1, 0.15) is 0 Å². The van der Waals surface area contributed by atoms with Crippen molar-refractivity contribution in [1.82, 2.24) is 0 Å². The molecule has 0 fully saturated rings. The van der Waals surface area contributed by atoms with Crippen molar-refractivity contribution in [2.24, 2.45) is 4.99 Å². The molecule has 0 unspecified atom stereocenters. The minimum Gasteiger partial charge on any atom is -0.482 e. The lowest BCUT2D eigenvalue weighted by Crippen LogP contribution is -2.01. The molecule has 0 aliphatic carbocycles. The summed E-state index contributed by atoms with van der Waals surface area (Å²) in [7, 11) is 0. The Balaban J connectivity index is 2.22. The van der Waals surface area contributed by atoms with Crippen LogP contribution >= 0.6 is 0 Å². The van der Waals surface area contributed by atoms with Gasteiger partial charge in [0.2, 0.25) is 0 Å². The third-order valence-electron chi connectivity index (χ3n) is 2.80. The van der Waals surface area contributed by atoms with E-state index in [0.717, 1.165) is 0 Å². The molecule has 0 saturated carbocycles. The van der Waals surface area contributed by atoms with Gasteiger partial charge in [0, 0.05) is 5.84 Å². The van der Waals surface area contributed by atoms with E-state index < -0.39 is 0 Å². The predicted octanol–water partition coefficient (Wildman–Crippen LogP) is 3.25. The summed E-state index contributed by atoms with van der Waals surface area (Å²) in [6.45, 7) is 0. The summed E-state index contributed by atoms with van der Waals surface area (Å²) in [5.74, 6) is -0.0947. The minimum absolute atomic E-state index is 0.0474. The second kappa shape index (κ2) is 6.14. The van der Waals surface area contributed by atoms with Gasteiger partial charge in [-0.2, -0.15) is 10.5 Å². The summed E-state index contributed by atoms with van der Waals surface area (Å²) in [6, 6.07) is 16.9. The summed E-state index contributed by atoms with van der Waals surface area (Å²) < 4.78 is 0. The molecule has 2 rings (SSSR count). The van der Waals surface area contributed by atoms with Gasteiger partial charge in [-0.3, -0.25) is 0 Å². The van der Waals surface area contributed by atoms with Crippen LogP contribution in [0.25, 0.3) is 5.73 Å². The Bertz CT molecular complexity index is 771. The summed E-state index contributed by atoms with van der Waals surface area (Å²) >= 11 is 0. The van der Waals surface area contributed by atoms with Crippen LogP contribution in [0.15, 0.2) is 53.5 Å². The van der Waals surface area contributed by atoms with Gasteiger partial charge in [-0.15, -0.1) is 0 Å². The number of benzene rings is 2. The minimum atomic E-state index is -0.0474. The van der Waals surface area contributed by atoms with Crippen molar-refractivity contribution in [3.05, 3.63) is 76.5 Å². The van der Waals surface area contributed by atoms with Gasteiger partial charge >= 0.3 is 0 Å². The van der Waals surface area contributed by atoms with Gasteiger partial charge in [0.05, 0.1) is 23.3 Å². The predicted molar refractivity (Wildman–Crippen MR) is 80.0 cm³/mol. The van der Waals surface area contributed by atoms with E-state index in [1.807, 2.05) is 12.1 Å². The SMILES string of the molecule is N#Cc1ccc(C(=N)N=C([NH-])c2ccc(C#N)cc2)cc1. The monoisotopic (exact) mass is 272 g/mol. The van der Waals surface area contributed by atoms with E-state index in [4.69, 9.17) is 21.7 Å². The van der Waals surface area contributed by atoms with Crippen molar-refractivity contribution in [2.45, 2.75) is 0 Å². The van der Waals surface area contributed by atoms with Crippen LogP contribution in [0, 0.1) is 28.1 Å². The lowest BCUT2D eigenvalue weighted by molar-refractivity contribution is 1.40. The van der Waals surface area contributed by atoms with E-state index in [0.29, 0.717) is 22.3 Å². The molecule has 0 aliphatic rings. The second-order valence-corrected chi connectivity index (χ2v) is 4.19. The molecule has 100 valence electrons. The summed E-state index contributed by atoms with van der Waals surface area (Å²) in [4.78, 5) is 3.93. The molecule has 2 aromatic rings. The molecule has 2 aromatic carbocycles. The smallest absolute Gasteiger partial charge is 0.0991 e. The first kappa shape index (κ1) is 14.0. The van der Waals surface area contributed by atoms with Gasteiger partial charge < -0.3 is 16.1 Å². The molecule has 0 spiro atoms. The molecule has 0 aromatic heterocycles. The maximum Gasteiger partial charge on any atom is 0.0991 e. The highest BCUT2D eigenvalue weighted by Crippen LogP contribution is 2.09. The van der Waals surface area contributed by atoms with E-state index in [1.165, 1.54) is 0 Å². The first-order valence-electron chi connectivity index (χ1n) is 6.04. The zero-order valence-electron chi connectivity index (χ0n) is 11.0. The van der Waals surface area contributed by atoms with E-state index in [-0.39, 0.29) is 11.7 Å². The molecular formula is C16H10N5-. The average molecular weight is 272 g/mol. The van der Waals surface area contributed by atoms with Gasteiger partial charge in [0.25, 0.3) is 0 Å². The maximum atomic E-state index is 8.72. The molecule has 5 nitrogen and oxygen atoms in total. The zero-order chi connectivity index (χ0) is 15.2. The van der Waals surface area contributed by atoms with E-state index in [2.05, 4.69) is 4.99 Å². The van der Waals surface area contributed by atoms with Crippen LogP contribution in [0.2, 0.25) is 0 Å². The number of nitriles is 2. The van der Waals surface area contributed by atoms with Crippen LogP contribution in [0.3, 0.4) is 0 Å². The fourth-order valence-corrected chi connectivity index (χ4v) is 1.65. The highest BCUT2D eigenvalue weighted by molar-refractivity contribution is 6.13. The Kier molecular flexibility index (Phi) is 4.09. The highest BCUT2D eigenvalue weighted by atomic mass is 14.9. The van der Waals surface area contributed by atoms with Gasteiger partial charge in [-0.25, -0.2) is 0 Å². The topological polar surface area (TPSA) is 108 Å². The van der Waals surface area contributed by atoms with Crippen LogP contribution in [-0.2, 0) is 0 Å². The van der Waals surface area contributed by atoms with Crippen molar-refractivity contribution in [1.29, 1.82) is 15.9 Å². The van der Waals surface area contributed by atoms with Crippen LogP contribution in [0.5, 0.6) is 0 Å². The molecule has 0 bridgehead atoms. The number of hydrogen-bond donors (Lipinski definition) is 1. The van der Waals surface area contributed by atoms with Crippen molar-refractivity contribution < 1.29 is 0 Å². The Morgan fingerprint density at radius 1 is 0.857 bits per heavy atom. The Hall–Kier alpha value is -3.44. The molecular weight excluding hydrogens is 262 g/mol. The molecule has 2 N–H and O–H groups in total.